The molecule has 1 N–H and O–H groups in total. The topological polar surface area (TPSA) is 58.6 Å². The van der Waals surface area contributed by atoms with E-state index >= 15 is 0 Å². The van der Waals surface area contributed by atoms with E-state index in [1.807, 2.05) is 31.2 Å². The number of hydrogen-bond donors (Lipinski definition) is 1. The van der Waals surface area contributed by atoms with Crippen molar-refractivity contribution in [2.24, 2.45) is 0 Å². The summed E-state index contributed by atoms with van der Waals surface area (Å²) in [4.78, 5) is 27.7. The van der Waals surface area contributed by atoms with Gasteiger partial charge in [0, 0.05) is 17.6 Å². The molecule has 2 aromatic rings. The van der Waals surface area contributed by atoms with Crippen molar-refractivity contribution < 1.29 is 14.3 Å². The highest BCUT2D eigenvalue weighted by molar-refractivity contribution is 6.30. The van der Waals surface area contributed by atoms with E-state index in [1.54, 1.807) is 36.1 Å². The van der Waals surface area contributed by atoms with Crippen LogP contribution in [0, 0.1) is 6.92 Å². The van der Waals surface area contributed by atoms with Crippen LogP contribution in [0.4, 0.5) is 0 Å². The fourth-order valence-electron chi connectivity index (χ4n) is 3.88. The Balaban J connectivity index is 1.71. The van der Waals surface area contributed by atoms with E-state index in [2.05, 4.69) is 5.32 Å². The van der Waals surface area contributed by atoms with Gasteiger partial charge in [-0.25, -0.2) is 0 Å². The van der Waals surface area contributed by atoms with Gasteiger partial charge in [0.2, 0.25) is 5.91 Å². The van der Waals surface area contributed by atoms with Gasteiger partial charge in [-0.3, -0.25) is 9.59 Å². The van der Waals surface area contributed by atoms with Gasteiger partial charge >= 0.3 is 0 Å². The highest BCUT2D eigenvalue weighted by atomic mass is 35.5. The molecular formula is C25H31ClN2O3. The van der Waals surface area contributed by atoms with Gasteiger partial charge < -0.3 is 15.0 Å². The van der Waals surface area contributed by atoms with Gasteiger partial charge in [-0.2, -0.15) is 0 Å². The molecule has 31 heavy (non-hydrogen) atoms. The number of carbonyl (C=O) groups is 2. The van der Waals surface area contributed by atoms with Crippen LogP contribution >= 0.6 is 11.6 Å². The number of aryl methyl sites for hydroxylation is 1. The van der Waals surface area contributed by atoms with Gasteiger partial charge in [-0.15, -0.1) is 0 Å². The lowest BCUT2D eigenvalue weighted by atomic mass is 9.95. The maximum absolute atomic E-state index is 13.1. The van der Waals surface area contributed by atoms with Gasteiger partial charge in [-0.05, 0) is 62.1 Å². The molecule has 166 valence electrons. The average molecular weight is 443 g/mol. The van der Waals surface area contributed by atoms with E-state index in [1.165, 1.54) is 6.42 Å². The van der Waals surface area contributed by atoms with Crippen LogP contribution < -0.4 is 10.1 Å². The third kappa shape index (κ3) is 6.73. The summed E-state index contributed by atoms with van der Waals surface area (Å²) >= 11 is 5.91. The Morgan fingerprint density at radius 2 is 1.77 bits per heavy atom. The van der Waals surface area contributed by atoms with Crippen LogP contribution in [0.1, 0.15) is 50.2 Å². The van der Waals surface area contributed by atoms with Crippen molar-refractivity contribution in [3.8, 4) is 5.75 Å². The van der Waals surface area contributed by atoms with Crippen LogP contribution in [0.25, 0.3) is 0 Å². The third-order valence-corrected chi connectivity index (χ3v) is 6.15. The number of ether oxygens (including phenoxy) is 1. The van der Waals surface area contributed by atoms with Crippen molar-refractivity contribution in [1.82, 2.24) is 10.2 Å². The first kappa shape index (κ1) is 23.1. The summed E-state index contributed by atoms with van der Waals surface area (Å²) in [5.74, 6) is 0.220. The standard InChI is InChI=1S/C25H31ClN2O3/c1-18-8-6-7-9-20(18)16-28(19(2)25(30)27-22-10-4-3-5-11-22)24(29)17-31-23-14-12-21(26)13-15-23/h6-9,12-15,19,22H,3-5,10-11,16-17H2,1-2H3,(H,27,30)/t19-/m0/s1. The normalized spacial score (nSPS) is 15.2. The van der Waals surface area contributed by atoms with Crippen LogP contribution in [-0.2, 0) is 16.1 Å². The van der Waals surface area contributed by atoms with Crippen molar-refractivity contribution in [3.63, 3.8) is 0 Å². The van der Waals surface area contributed by atoms with Gasteiger partial charge in [0.25, 0.3) is 5.91 Å². The summed E-state index contributed by atoms with van der Waals surface area (Å²) < 4.78 is 5.67. The molecule has 3 rings (SSSR count). The van der Waals surface area contributed by atoms with Crippen molar-refractivity contribution in [2.45, 2.75) is 64.6 Å². The lowest BCUT2D eigenvalue weighted by Crippen LogP contribution is -2.51. The lowest BCUT2D eigenvalue weighted by molar-refractivity contribution is -0.142. The molecular weight excluding hydrogens is 412 g/mol. The van der Waals surface area contributed by atoms with E-state index in [9.17, 15) is 9.59 Å². The maximum Gasteiger partial charge on any atom is 0.261 e. The highest BCUT2D eigenvalue weighted by Crippen LogP contribution is 2.19. The lowest BCUT2D eigenvalue weighted by Gasteiger charge is -2.31. The third-order valence-electron chi connectivity index (χ3n) is 5.90. The van der Waals surface area contributed by atoms with Gasteiger partial charge in [0.15, 0.2) is 6.61 Å². The fraction of sp³-hybridized carbons (Fsp3) is 0.440. The first-order chi connectivity index (χ1) is 14.9. The van der Waals surface area contributed by atoms with Crippen molar-refractivity contribution in [1.29, 1.82) is 0 Å². The SMILES string of the molecule is Cc1ccccc1CN(C(=O)COc1ccc(Cl)cc1)[C@@H](C)C(=O)NC1CCCCC1. The summed E-state index contributed by atoms with van der Waals surface area (Å²) in [5.41, 5.74) is 2.10. The Kier molecular flexibility index (Phi) is 8.35. The Morgan fingerprint density at radius 1 is 1.10 bits per heavy atom. The molecule has 0 unspecified atom stereocenters. The minimum absolute atomic E-state index is 0.111. The monoisotopic (exact) mass is 442 g/mol. The number of benzene rings is 2. The second-order valence-corrected chi connectivity index (χ2v) is 8.65. The molecule has 0 saturated heterocycles. The van der Waals surface area contributed by atoms with E-state index < -0.39 is 6.04 Å². The molecule has 2 amide bonds. The van der Waals surface area contributed by atoms with E-state index in [0.29, 0.717) is 17.3 Å². The van der Waals surface area contributed by atoms with Gasteiger partial charge in [0.05, 0.1) is 0 Å². The predicted molar refractivity (Wildman–Crippen MR) is 123 cm³/mol. The molecule has 1 aliphatic rings. The van der Waals surface area contributed by atoms with Crippen LogP contribution in [0.15, 0.2) is 48.5 Å². The first-order valence-electron chi connectivity index (χ1n) is 11.0. The fourth-order valence-corrected chi connectivity index (χ4v) is 4.01. The molecule has 1 aliphatic carbocycles. The number of rotatable bonds is 8. The Bertz CT molecular complexity index is 879. The largest absolute Gasteiger partial charge is 0.484 e. The van der Waals surface area contributed by atoms with Gasteiger partial charge in [0.1, 0.15) is 11.8 Å². The molecule has 0 spiro atoms. The summed E-state index contributed by atoms with van der Waals surface area (Å²) in [6, 6.07) is 14.4. The second kappa shape index (κ2) is 11.2. The Labute approximate surface area is 189 Å². The quantitative estimate of drug-likeness (QED) is 0.633. The Morgan fingerprint density at radius 3 is 2.45 bits per heavy atom. The molecule has 0 radical (unpaired) electrons. The molecule has 0 aromatic heterocycles. The molecule has 1 saturated carbocycles. The summed E-state index contributed by atoms with van der Waals surface area (Å²) in [6.07, 6.45) is 5.51. The maximum atomic E-state index is 13.1. The van der Waals surface area contributed by atoms with Crippen LogP contribution in [0.3, 0.4) is 0 Å². The van der Waals surface area contributed by atoms with Crippen molar-refractivity contribution >= 4 is 23.4 Å². The van der Waals surface area contributed by atoms with Gasteiger partial charge in [-0.1, -0.05) is 55.1 Å². The molecule has 1 fully saturated rings. The second-order valence-electron chi connectivity index (χ2n) is 8.21. The highest BCUT2D eigenvalue weighted by Gasteiger charge is 2.28. The average Bonchev–Trinajstić information content (AvgIpc) is 2.78. The number of amides is 2. The van der Waals surface area contributed by atoms with E-state index in [4.69, 9.17) is 16.3 Å². The minimum atomic E-state index is -0.595. The minimum Gasteiger partial charge on any atom is -0.484 e. The first-order valence-corrected chi connectivity index (χ1v) is 11.3. The zero-order valence-corrected chi connectivity index (χ0v) is 19.0. The van der Waals surface area contributed by atoms with E-state index in [-0.39, 0.29) is 24.5 Å². The predicted octanol–water partition coefficient (Wildman–Crippen LogP) is 4.89. The molecule has 5 nitrogen and oxygen atoms in total. The number of halogens is 1. The number of carbonyl (C=O) groups excluding carboxylic acids is 2. The van der Waals surface area contributed by atoms with E-state index in [0.717, 1.165) is 36.8 Å². The van der Waals surface area contributed by atoms with Crippen molar-refractivity contribution in [3.05, 3.63) is 64.7 Å². The molecule has 1 atom stereocenters. The van der Waals surface area contributed by atoms with Crippen LogP contribution in [0.2, 0.25) is 5.02 Å². The zero-order valence-electron chi connectivity index (χ0n) is 18.3. The number of nitrogens with zero attached hydrogens (tertiary/aromatic N) is 1. The number of hydrogen-bond acceptors (Lipinski definition) is 3. The molecule has 0 heterocycles. The number of nitrogens with one attached hydrogen (secondary N) is 1. The molecule has 2 aromatic carbocycles. The summed E-state index contributed by atoms with van der Waals surface area (Å²) in [5, 5.41) is 3.75. The molecule has 0 aliphatic heterocycles. The van der Waals surface area contributed by atoms with Crippen LogP contribution in [-0.4, -0.2) is 35.4 Å². The summed E-state index contributed by atoms with van der Waals surface area (Å²) in [7, 11) is 0. The smallest absolute Gasteiger partial charge is 0.261 e. The Hall–Kier alpha value is -2.53. The molecule has 6 heteroatoms. The molecule has 0 bridgehead atoms. The van der Waals surface area contributed by atoms with Crippen LogP contribution in [0.5, 0.6) is 5.75 Å². The summed E-state index contributed by atoms with van der Waals surface area (Å²) in [6.45, 7) is 4.01. The van der Waals surface area contributed by atoms with Crippen molar-refractivity contribution in [2.75, 3.05) is 6.61 Å². The zero-order chi connectivity index (χ0) is 22.2.